The molecule has 0 atom stereocenters. The van der Waals surface area contributed by atoms with E-state index in [0.29, 0.717) is 28.2 Å². The summed E-state index contributed by atoms with van der Waals surface area (Å²) in [4.78, 5) is 28.1. The molecule has 4 aromatic rings. The lowest BCUT2D eigenvalue weighted by atomic mass is 10.2. The Bertz CT molecular complexity index is 1160. The van der Waals surface area contributed by atoms with Gasteiger partial charge in [-0.15, -0.1) is 0 Å². The maximum absolute atomic E-state index is 13.7. The van der Waals surface area contributed by atoms with Crippen molar-refractivity contribution in [1.82, 2.24) is 29.1 Å². The molecule has 0 aliphatic heterocycles. The number of fused-ring (bicyclic) bond motifs is 1. The van der Waals surface area contributed by atoms with Crippen LogP contribution in [0.15, 0.2) is 47.8 Å². The Balaban J connectivity index is 2.10. The number of nitrogen functional groups attached to an aromatic ring is 1. The van der Waals surface area contributed by atoms with E-state index in [0.717, 1.165) is 0 Å². The summed E-state index contributed by atoms with van der Waals surface area (Å²) in [6.07, 6.45) is 4.32. The average molecular weight is 337 g/mol. The zero-order valence-electron chi connectivity index (χ0n) is 13.1. The molecule has 0 aliphatic carbocycles. The first-order valence-corrected chi connectivity index (χ1v) is 7.32. The maximum atomic E-state index is 13.7. The Hall–Kier alpha value is -3.62. The number of anilines is 1. The van der Waals surface area contributed by atoms with Crippen LogP contribution in [0.4, 0.5) is 10.2 Å². The monoisotopic (exact) mass is 337 g/mol. The quantitative estimate of drug-likeness (QED) is 0.591. The van der Waals surface area contributed by atoms with E-state index in [-0.39, 0.29) is 5.82 Å². The number of hydrogen-bond acceptors (Lipinski definition) is 6. The molecule has 0 saturated carbocycles. The molecule has 1 aromatic carbocycles. The van der Waals surface area contributed by atoms with Gasteiger partial charge in [-0.2, -0.15) is 4.98 Å². The molecule has 0 amide bonds. The second kappa shape index (κ2) is 5.48. The number of imidazole rings is 1. The summed E-state index contributed by atoms with van der Waals surface area (Å²) in [6, 6.07) is 6.01. The molecule has 0 radical (unpaired) electrons. The van der Waals surface area contributed by atoms with Crippen LogP contribution in [0.5, 0.6) is 0 Å². The van der Waals surface area contributed by atoms with Crippen LogP contribution in [-0.2, 0) is 7.05 Å². The van der Waals surface area contributed by atoms with Crippen LogP contribution in [0, 0.1) is 5.82 Å². The van der Waals surface area contributed by atoms with Gasteiger partial charge in [-0.25, -0.2) is 24.1 Å². The highest BCUT2D eigenvalue weighted by Gasteiger charge is 2.18. The van der Waals surface area contributed by atoms with Crippen LogP contribution in [0.1, 0.15) is 0 Å². The molecule has 0 bridgehead atoms. The van der Waals surface area contributed by atoms with Crippen LogP contribution in [0.2, 0.25) is 0 Å². The average Bonchev–Trinajstić information content (AvgIpc) is 2.98. The highest BCUT2D eigenvalue weighted by Crippen LogP contribution is 2.28. The van der Waals surface area contributed by atoms with E-state index in [1.807, 2.05) is 0 Å². The Morgan fingerprint density at radius 2 is 2.04 bits per heavy atom. The second-order valence-corrected chi connectivity index (χ2v) is 5.42. The van der Waals surface area contributed by atoms with E-state index >= 15 is 0 Å². The molecule has 4 rings (SSSR count). The smallest absolute Gasteiger partial charge is 0.347 e. The molecular formula is C16H12FN7O. The van der Waals surface area contributed by atoms with Crippen molar-refractivity contribution in [2.45, 2.75) is 0 Å². The molecule has 124 valence electrons. The summed E-state index contributed by atoms with van der Waals surface area (Å²) in [5.41, 5.74) is 7.41. The Labute approximate surface area is 140 Å². The van der Waals surface area contributed by atoms with Crippen molar-refractivity contribution >= 4 is 17.0 Å². The van der Waals surface area contributed by atoms with Crippen LogP contribution in [0.3, 0.4) is 0 Å². The van der Waals surface area contributed by atoms with Crippen LogP contribution in [0.25, 0.3) is 28.2 Å². The number of halogens is 1. The van der Waals surface area contributed by atoms with Crippen molar-refractivity contribution in [1.29, 1.82) is 0 Å². The molecule has 3 heterocycles. The molecule has 25 heavy (non-hydrogen) atoms. The van der Waals surface area contributed by atoms with Gasteiger partial charge in [-0.1, -0.05) is 12.1 Å². The largest absolute Gasteiger partial charge is 0.382 e. The molecule has 3 aromatic heterocycles. The molecule has 0 fully saturated rings. The van der Waals surface area contributed by atoms with Gasteiger partial charge in [0, 0.05) is 18.8 Å². The van der Waals surface area contributed by atoms with Crippen molar-refractivity contribution in [2.24, 2.45) is 7.05 Å². The molecular weight excluding hydrogens is 325 g/mol. The van der Waals surface area contributed by atoms with Crippen LogP contribution >= 0.6 is 0 Å². The third kappa shape index (κ3) is 2.42. The summed E-state index contributed by atoms with van der Waals surface area (Å²) in [5.74, 6) is 0.232. The summed E-state index contributed by atoms with van der Waals surface area (Å²) >= 11 is 0. The van der Waals surface area contributed by atoms with E-state index in [1.165, 1.54) is 29.2 Å². The summed E-state index contributed by atoms with van der Waals surface area (Å²) in [5, 5.41) is 0. The van der Waals surface area contributed by atoms with Gasteiger partial charge in [0.15, 0.2) is 17.0 Å². The number of nitrogens with zero attached hydrogens (tertiary/aromatic N) is 6. The summed E-state index contributed by atoms with van der Waals surface area (Å²) < 4.78 is 16.7. The van der Waals surface area contributed by atoms with Crippen LogP contribution < -0.4 is 11.4 Å². The summed E-state index contributed by atoms with van der Waals surface area (Å²) in [7, 11) is 1.59. The third-order valence-corrected chi connectivity index (χ3v) is 3.75. The highest BCUT2D eigenvalue weighted by atomic mass is 19.1. The molecule has 0 unspecified atom stereocenters. The molecule has 0 saturated heterocycles. The molecule has 9 heteroatoms. The minimum Gasteiger partial charge on any atom is -0.382 e. The van der Waals surface area contributed by atoms with Gasteiger partial charge in [0.05, 0.1) is 11.9 Å². The molecule has 0 spiro atoms. The van der Waals surface area contributed by atoms with Gasteiger partial charge in [-0.05, 0) is 12.1 Å². The van der Waals surface area contributed by atoms with Crippen molar-refractivity contribution in [3.63, 3.8) is 0 Å². The summed E-state index contributed by atoms with van der Waals surface area (Å²) in [6.45, 7) is 0. The zero-order chi connectivity index (χ0) is 17.6. The van der Waals surface area contributed by atoms with E-state index in [4.69, 9.17) is 5.73 Å². The fourth-order valence-electron chi connectivity index (χ4n) is 2.59. The fraction of sp³-hybridized carbons (Fsp3) is 0.0625. The number of hydrogen-bond donors (Lipinski definition) is 1. The van der Waals surface area contributed by atoms with Gasteiger partial charge < -0.3 is 10.3 Å². The van der Waals surface area contributed by atoms with Crippen molar-refractivity contribution in [2.75, 3.05) is 5.73 Å². The Morgan fingerprint density at radius 3 is 2.80 bits per heavy atom. The lowest BCUT2D eigenvalue weighted by Gasteiger charge is -2.09. The normalized spacial score (nSPS) is 11.1. The Kier molecular flexibility index (Phi) is 3.27. The Morgan fingerprint density at radius 1 is 1.20 bits per heavy atom. The topological polar surface area (TPSA) is 105 Å². The highest BCUT2D eigenvalue weighted by molar-refractivity contribution is 5.86. The first-order valence-electron chi connectivity index (χ1n) is 7.32. The number of aromatic nitrogens is 6. The predicted molar refractivity (Wildman–Crippen MR) is 89.5 cm³/mol. The van der Waals surface area contributed by atoms with Gasteiger partial charge in [0.1, 0.15) is 18.0 Å². The van der Waals surface area contributed by atoms with Gasteiger partial charge in [-0.3, -0.25) is 4.57 Å². The maximum Gasteiger partial charge on any atom is 0.347 e. The minimum absolute atomic E-state index is 0.208. The molecule has 2 N–H and O–H groups in total. The second-order valence-electron chi connectivity index (χ2n) is 5.42. The van der Waals surface area contributed by atoms with E-state index < -0.39 is 11.5 Å². The van der Waals surface area contributed by atoms with E-state index in [1.54, 1.807) is 29.9 Å². The van der Waals surface area contributed by atoms with E-state index in [9.17, 15) is 9.18 Å². The van der Waals surface area contributed by atoms with Crippen molar-refractivity contribution in [3.05, 3.63) is 59.3 Å². The molecule has 0 aliphatic rings. The van der Waals surface area contributed by atoms with Gasteiger partial charge in [0.2, 0.25) is 0 Å². The van der Waals surface area contributed by atoms with Gasteiger partial charge in [0.25, 0.3) is 0 Å². The third-order valence-electron chi connectivity index (χ3n) is 3.75. The van der Waals surface area contributed by atoms with Crippen molar-refractivity contribution in [3.8, 4) is 17.1 Å². The first kappa shape index (κ1) is 14.9. The minimum atomic E-state index is -0.395. The molecule has 8 nitrogen and oxygen atoms in total. The van der Waals surface area contributed by atoms with Crippen LogP contribution in [-0.4, -0.2) is 29.1 Å². The van der Waals surface area contributed by atoms with Crippen molar-refractivity contribution < 1.29 is 4.39 Å². The number of benzene rings is 1. The zero-order valence-corrected chi connectivity index (χ0v) is 13.1. The first-order chi connectivity index (χ1) is 12.0. The number of nitrogens with two attached hydrogens (primary N) is 1. The lowest BCUT2D eigenvalue weighted by molar-refractivity contribution is 0.628. The lowest BCUT2D eigenvalue weighted by Crippen LogP contribution is -2.20. The number of aryl methyl sites for hydroxylation is 1. The van der Waals surface area contributed by atoms with Gasteiger partial charge >= 0.3 is 5.69 Å². The van der Waals surface area contributed by atoms with E-state index in [2.05, 4.69) is 19.9 Å². The standard InChI is InChI=1S/C16H12FN7O/c1-23-7-11(6-19-16(23)25)24-14(9-3-2-4-10(17)5-9)22-12-13(18)20-8-21-15(12)24/h2-8H,1H3,(H2,18,20,21). The fourth-order valence-corrected chi connectivity index (χ4v) is 2.59. The SMILES string of the molecule is Cn1cc(-n2c(-c3cccc(F)c3)nc3c(N)ncnc32)cnc1=O. The predicted octanol–water partition coefficient (Wildman–Crippen LogP) is 1.30. The number of rotatable bonds is 2.